The van der Waals surface area contributed by atoms with E-state index in [1.807, 2.05) is 12.3 Å². The quantitative estimate of drug-likeness (QED) is 0.499. The third-order valence-corrected chi connectivity index (χ3v) is 3.39. The van der Waals surface area contributed by atoms with Gasteiger partial charge in [0.2, 0.25) is 0 Å². The molecule has 0 atom stereocenters. The van der Waals surface area contributed by atoms with E-state index in [1.165, 1.54) is 17.4 Å². The number of nitrogens with one attached hydrogen (secondary N) is 1. The number of aryl methyl sites for hydroxylation is 1. The Morgan fingerprint density at radius 3 is 2.82 bits per heavy atom. The van der Waals surface area contributed by atoms with Crippen LogP contribution in [0.3, 0.4) is 0 Å². The second-order valence-corrected chi connectivity index (χ2v) is 5.35. The average molecular weight is 317 g/mol. The van der Waals surface area contributed by atoms with Crippen LogP contribution in [0.5, 0.6) is 0 Å². The van der Waals surface area contributed by atoms with E-state index in [0.717, 1.165) is 10.7 Å². The minimum Gasteiger partial charge on any atom is -0.461 e. The molecule has 2 heterocycles. The highest BCUT2D eigenvalue weighted by Crippen LogP contribution is 2.09. The summed E-state index contributed by atoms with van der Waals surface area (Å²) in [6.07, 6.45) is 6.00. The number of thiazole rings is 1. The summed E-state index contributed by atoms with van der Waals surface area (Å²) in [4.78, 5) is 31.2. The van der Waals surface area contributed by atoms with Crippen molar-refractivity contribution in [2.45, 2.75) is 6.92 Å². The van der Waals surface area contributed by atoms with Gasteiger partial charge in [-0.3, -0.25) is 9.78 Å². The molecular weight excluding hydrogens is 302 g/mol. The predicted octanol–water partition coefficient (Wildman–Crippen LogP) is 1.83. The normalized spacial score (nSPS) is 10.6. The Bertz CT molecular complexity index is 668. The molecule has 0 radical (unpaired) electrons. The Kier molecular flexibility index (Phi) is 5.79. The van der Waals surface area contributed by atoms with Crippen molar-refractivity contribution in [1.29, 1.82) is 0 Å². The lowest BCUT2D eigenvalue weighted by Gasteiger charge is -2.05. The molecule has 114 valence electrons. The Labute approximate surface area is 131 Å². The van der Waals surface area contributed by atoms with Gasteiger partial charge in [0.15, 0.2) is 0 Å². The first-order chi connectivity index (χ1) is 10.6. The predicted molar refractivity (Wildman–Crippen MR) is 83.4 cm³/mol. The minimum atomic E-state index is -0.469. The second-order valence-electron chi connectivity index (χ2n) is 4.28. The molecule has 0 aromatic carbocycles. The smallest absolute Gasteiger partial charge is 0.330 e. The largest absolute Gasteiger partial charge is 0.461 e. The van der Waals surface area contributed by atoms with Crippen LogP contribution in [0.1, 0.15) is 21.1 Å². The molecule has 0 aliphatic heterocycles. The van der Waals surface area contributed by atoms with Crippen LogP contribution < -0.4 is 5.32 Å². The first kappa shape index (κ1) is 15.8. The molecule has 2 rings (SSSR count). The molecule has 22 heavy (non-hydrogen) atoms. The van der Waals surface area contributed by atoms with Crippen molar-refractivity contribution >= 4 is 29.3 Å². The number of rotatable bonds is 6. The third-order valence-electron chi connectivity index (χ3n) is 2.60. The topological polar surface area (TPSA) is 81.2 Å². The van der Waals surface area contributed by atoms with Gasteiger partial charge in [-0.15, -0.1) is 11.3 Å². The molecule has 6 nitrogen and oxygen atoms in total. The van der Waals surface area contributed by atoms with E-state index in [4.69, 9.17) is 4.74 Å². The summed E-state index contributed by atoms with van der Waals surface area (Å²) in [6, 6.07) is 3.22. The van der Waals surface area contributed by atoms with Crippen LogP contribution in [-0.4, -0.2) is 35.0 Å². The number of carbonyl (C=O) groups excluding carboxylic acids is 2. The van der Waals surface area contributed by atoms with E-state index in [-0.39, 0.29) is 19.1 Å². The second kappa shape index (κ2) is 8.04. The van der Waals surface area contributed by atoms with Crippen molar-refractivity contribution in [3.05, 3.63) is 52.2 Å². The van der Waals surface area contributed by atoms with E-state index < -0.39 is 5.97 Å². The number of hydrogen-bond donors (Lipinski definition) is 1. The number of hydrogen-bond acceptors (Lipinski definition) is 6. The Morgan fingerprint density at radius 2 is 2.14 bits per heavy atom. The lowest BCUT2D eigenvalue weighted by atomic mass is 10.2. The Hall–Kier alpha value is -2.54. The van der Waals surface area contributed by atoms with Gasteiger partial charge in [-0.2, -0.15) is 0 Å². The summed E-state index contributed by atoms with van der Waals surface area (Å²) in [6.45, 7) is 2.25. The first-order valence-electron chi connectivity index (χ1n) is 6.60. The number of ether oxygens (including phenoxy) is 1. The maximum absolute atomic E-state index is 11.7. The van der Waals surface area contributed by atoms with E-state index in [0.29, 0.717) is 5.56 Å². The molecule has 7 heteroatoms. The molecular formula is C15H15N3O3S. The summed E-state index contributed by atoms with van der Waals surface area (Å²) in [5, 5.41) is 5.44. The maximum Gasteiger partial charge on any atom is 0.330 e. The summed E-state index contributed by atoms with van der Waals surface area (Å²) in [5.41, 5.74) is 1.24. The van der Waals surface area contributed by atoms with Crippen molar-refractivity contribution in [3.63, 3.8) is 0 Å². The van der Waals surface area contributed by atoms with E-state index in [1.54, 1.807) is 30.6 Å². The van der Waals surface area contributed by atoms with Crippen LogP contribution in [0, 0.1) is 6.92 Å². The number of esters is 1. The zero-order valence-electron chi connectivity index (χ0n) is 12.0. The molecule has 0 fully saturated rings. The van der Waals surface area contributed by atoms with E-state index in [2.05, 4.69) is 15.3 Å². The van der Waals surface area contributed by atoms with Crippen molar-refractivity contribution in [3.8, 4) is 0 Å². The summed E-state index contributed by atoms with van der Waals surface area (Å²) in [5.74, 6) is -0.698. The van der Waals surface area contributed by atoms with Crippen molar-refractivity contribution in [2.24, 2.45) is 0 Å². The summed E-state index contributed by atoms with van der Waals surface area (Å²) >= 11 is 1.51. The van der Waals surface area contributed by atoms with E-state index >= 15 is 0 Å². The van der Waals surface area contributed by atoms with Crippen molar-refractivity contribution in [2.75, 3.05) is 13.2 Å². The number of aromatic nitrogens is 2. The molecule has 0 saturated heterocycles. The van der Waals surface area contributed by atoms with Gasteiger partial charge < -0.3 is 10.1 Å². The van der Waals surface area contributed by atoms with Gasteiger partial charge in [-0.05, 0) is 25.1 Å². The number of carbonyl (C=O) groups is 2. The monoisotopic (exact) mass is 317 g/mol. The molecule has 1 amide bonds. The van der Waals surface area contributed by atoms with Crippen LogP contribution in [0.4, 0.5) is 0 Å². The molecule has 0 spiro atoms. The molecule has 2 aromatic heterocycles. The van der Waals surface area contributed by atoms with Crippen LogP contribution in [0.25, 0.3) is 6.08 Å². The highest BCUT2D eigenvalue weighted by Gasteiger charge is 2.04. The molecule has 0 saturated carbocycles. The summed E-state index contributed by atoms with van der Waals surface area (Å²) < 4.78 is 4.98. The van der Waals surface area contributed by atoms with Crippen molar-refractivity contribution < 1.29 is 14.3 Å². The van der Waals surface area contributed by atoms with Crippen LogP contribution >= 0.6 is 11.3 Å². The fourth-order valence-corrected chi connectivity index (χ4v) is 2.16. The molecule has 0 bridgehead atoms. The molecule has 0 unspecified atom stereocenters. The number of amides is 1. The van der Waals surface area contributed by atoms with Crippen LogP contribution in [0.15, 0.2) is 36.0 Å². The van der Waals surface area contributed by atoms with Gasteiger partial charge in [0, 0.05) is 29.4 Å². The number of nitrogens with zero attached hydrogens (tertiary/aromatic N) is 2. The van der Waals surface area contributed by atoms with Gasteiger partial charge in [0.05, 0.1) is 17.2 Å². The zero-order valence-corrected chi connectivity index (χ0v) is 12.8. The van der Waals surface area contributed by atoms with Crippen LogP contribution in [0.2, 0.25) is 0 Å². The molecule has 0 aliphatic carbocycles. The van der Waals surface area contributed by atoms with E-state index in [9.17, 15) is 9.59 Å². The zero-order chi connectivity index (χ0) is 15.8. The van der Waals surface area contributed by atoms with Gasteiger partial charge in [-0.1, -0.05) is 0 Å². The highest BCUT2D eigenvalue weighted by atomic mass is 32.1. The lowest BCUT2D eigenvalue weighted by molar-refractivity contribution is -0.137. The maximum atomic E-state index is 11.7. The van der Waals surface area contributed by atoms with Crippen molar-refractivity contribution in [1.82, 2.24) is 15.3 Å². The van der Waals surface area contributed by atoms with Gasteiger partial charge in [0.25, 0.3) is 5.91 Å². The third kappa shape index (κ3) is 5.10. The summed E-state index contributed by atoms with van der Waals surface area (Å²) in [7, 11) is 0. The number of pyridine rings is 1. The fraction of sp³-hybridized carbons (Fsp3) is 0.200. The lowest BCUT2D eigenvalue weighted by Crippen LogP contribution is -2.27. The van der Waals surface area contributed by atoms with Gasteiger partial charge in [0.1, 0.15) is 6.61 Å². The molecule has 1 N–H and O–H groups in total. The average Bonchev–Trinajstić information content (AvgIpc) is 2.96. The fourth-order valence-electron chi connectivity index (χ4n) is 1.58. The van der Waals surface area contributed by atoms with Gasteiger partial charge in [-0.25, -0.2) is 9.78 Å². The van der Waals surface area contributed by atoms with Crippen LogP contribution in [-0.2, 0) is 9.53 Å². The molecule has 0 aliphatic rings. The Balaban J connectivity index is 1.67. The molecule has 2 aromatic rings. The SMILES string of the molecule is Cc1nc(C=CC(=O)OCCNC(=O)c2ccncc2)cs1. The Morgan fingerprint density at radius 1 is 1.36 bits per heavy atom. The highest BCUT2D eigenvalue weighted by molar-refractivity contribution is 7.09. The minimum absolute atomic E-state index is 0.107. The first-order valence-corrected chi connectivity index (χ1v) is 7.48. The van der Waals surface area contributed by atoms with Gasteiger partial charge >= 0.3 is 5.97 Å². The standard InChI is InChI=1S/C15H15N3O3S/c1-11-18-13(10-22-11)2-3-14(19)21-9-8-17-15(20)12-4-6-16-7-5-12/h2-7,10H,8-9H2,1H3,(H,17,20).